The van der Waals surface area contributed by atoms with Gasteiger partial charge in [0.25, 0.3) is 6.43 Å². The number of ether oxygens (including phenoxy) is 1. The Morgan fingerprint density at radius 3 is 2.35 bits per heavy atom. The fourth-order valence-electron chi connectivity index (χ4n) is 1.22. The van der Waals surface area contributed by atoms with Crippen molar-refractivity contribution in [1.82, 2.24) is 4.98 Å². The molecule has 92 valence electrons. The number of hydrogen-bond donors (Lipinski definition) is 0. The quantitative estimate of drug-likeness (QED) is 0.760. The van der Waals surface area contributed by atoms with Crippen LogP contribution in [0, 0.1) is 11.3 Å². The van der Waals surface area contributed by atoms with E-state index in [1.54, 1.807) is 0 Å². The van der Waals surface area contributed by atoms with Gasteiger partial charge in [-0.1, -0.05) is 0 Å². The Kier molecular flexibility index (Phi) is 3.50. The number of halogens is 5. The van der Waals surface area contributed by atoms with Gasteiger partial charge >= 0.3 is 6.18 Å². The van der Waals surface area contributed by atoms with Crippen molar-refractivity contribution in [1.29, 1.82) is 5.26 Å². The van der Waals surface area contributed by atoms with Crippen LogP contribution in [0.25, 0.3) is 0 Å². The molecule has 0 spiro atoms. The second-order valence-corrected chi connectivity index (χ2v) is 2.87. The van der Waals surface area contributed by atoms with Crippen molar-refractivity contribution in [2.75, 3.05) is 7.11 Å². The van der Waals surface area contributed by atoms with Gasteiger partial charge in [-0.05, 0) is 0 Å². The van der Waals surface area contributed by atoms with Crippen LogP contribution in [0.2, 0.25) is 0 Å². The van der Waals surface area contributed by atoms with Crippen LogP contribution in [-0.4, -0.2) is 12.1 Å². The Labute approximate surface area is 92.4 Å². The third-order valence-electron chi connectivity index (χ3n) is 1.90. The third kappa shape index (κ3) is 2.43. The average molecular weight is 252 g/mol. The van der Waals surface area contributed by atoms with Crippen LogP contribution in [-0.2, 0) is 6.18 Å². The standard InChI is InChI=1S/C9H5F5N2O/c1-17-5-3-16-7(8(10)11)4(2-15)6(5)9(12,13)14/h3,8H,1H3. The number of nitriles is 1. The van der Waals surface area contributed by atoms with Crippen molar-refractivity contribution in [2.24, 2.45) is 0 Å². The first-order valence-electron chi connectivity index (χ1n) is 4.15. The van der Waals surface area contributed by atoms with E-state index in [1.165, 1.54) is 0 Å². The van der Waals surface area contributed by atoms with Crippen molar-refractivity contribution in [3.05, 3.63) is 23.0 Å². The molecule has 0 bridgehead atoms. The van der Waals surface area contributed by atoms with Gasteiger partial charge in [-0.25, -0.2) is 13.8 Å². The first-order valence-corrected chi connectivity index (χ1v) is 4.15. The fraction of sp³-hybridized carbons (Fsp3) is 0.333. The predicted octanol–water partition coefficient (Wildman–Crippen LogP) is 2.92. The third-order valence-corrected chi connectivity index (χ3v) is 1.90. The van der Waals surface area contributed by atoms with Gasteiger partial charge in [0, 0.05) is 0 Å². The fourth-order valence-corrected chi connectivity index (χ4v) is 1.22. The summed E-state index contributed by atoms with van der Waals surface area (Å²) >= 11 is 0. The number of rotatable bonds is 2. The molecule has 0 amide bonds. The zero-order valence-corrected chi connectivity index (χ0v) is 8.35. The largest absolute Gasteiger partial charge is 0.494 e. The highest BCUT2D eigenvalue weighted by molar-refractivity contribution is 5.50. The Bertz CT molecular complexity index is 464. The van der Waals surface area contributed by atoms with Crippen LogP contribution in [0.15, 0.2) is 6.20 Å². The van der Waals surface area contributed by atoms with Crippen molar-refractivity contribution in [3.63, 3.8) is 0 Å². The molecular formula is C9H5F5N2O. The van der Waals surface area contributed by atoms with Crippen LogP contribution in [0.3, 0.4) is 0 Å². The molecule has 0 unspecified atom stereocenters. The molecule has 0 saturated carbocycles. The summed E-state index contributed by atoms with van der Waals surface area (Å²) in [6, 6.07) is 1.08. The molecule has 3 nitrogen and oxygen atoms in total. The molecule has 0 aromatic carbocycles. The highest BCUT2D eigenvalue weighted by atomic mass is 19.4. The molecule has 1 aromatic heterocycles. The highest BCUT2D eigenvalue weighted by Gasteiger charge is 2.40. The first-order chi connectivity index (χ1) is 7.82. The van der Waals surface area contributed by atoms with Crippen LogP contribution in [0.5, 0.6) is 5.75 Å². The Morgan fingerprint density at radius 1 is 1.41 bits per heavy atom. The van der Waals surface area contributed by atoms with Gasteiger partial charge in [0.2, 0.25) is 0 Å². The molecule has 1 heterocycles. The molecule has 0 aliphatic rings. The number of methoxy groups -OCH3 is 1. The number of nitrogens with zero attached hydrogens (tertiary/aromatic N) is 2. The topological polar surface area (TPSA) is 45.9 Å². The normalized spacial score (nSPS) is 11.4. The predicted molar refractivity (Wildman–Crippen MR) is 45.5 cm³/mol. The lowest BCUT2D eigenvalue weighted by molar-refractivity contribution is -0.139. The molecule has 0 fully saturated rings. The monoisotopic (exact) mass is 252 g/mol. The van der Waals surface area contributed by atoms with E-state index in [4.69, 9.17) is 5.26 Å². The highest BCUT2D eigenvalue weighted by Crippen LogP contribution is 2.40. The molecule has 0 radical (unpaired) electrons. The summed E-state index contributed by atoms with van der Waals surface area (Å²) in [5.41, 5.74) is -3.96. The molecule has 0 aliphatic heterocycles. The minimum atomic E-state index is -4.97. The van der Waals surface area contributed by atoms with Gasteiger partial charge < -0.3 is 4.74 Å². The van der Waals surface area contributed by atoms with Crippen molar-refractivity contribution in [2.45, 2.75) is 12.6 Å². The molecule has 1 rings (SSSR count). The lowest BCUT2D eigenvalue weighted by atomic mass is 10.1. The Morgan fingerprint density at radius 2 is 2.00 bits per heavy atom. The minimum Gasteiger partial charge on any atom is -0.494 e. The summed E-state index contributed by atoms with van der Waals surface area (Å²) < 4.78 is 67.0. The molecule has 8 heteroatoms. The zero-order valence-electron chi connectivity index (χ0n) is 8.35. The molecule has 0 aliphatic carbocycles. The van der Waals surface area contributed by atoms with Crippen LogP contribution in [0.1, 0.15) is 23.2 Å². The summed E-state index contributed by atoms with van der Waals surface area (Å²) in [7, 11) is 0.926. The van der Waals surface area contributed by atoms with E-state index in [2.05, 4.69) is 9.72 Å². The molecule has 0 saturated heterocycles. The maximum Gasteiger partial charge on any atom is 0.421 e. The van der Waals surface area contributed by atoms with Gasteiger partial charge in [-0.3, -0.25) is 0 Å². The molecule has 17 heavy (non-hydrogen) atoms. The molecule has 0 N–H and O–H groups in total. The van der Waals surface area contributed by atoms with Crippen molar-refractivity contribution in [3.8, 4) is 11.8 Å². The van der Waals surface area contributed by atoms with Crippen LogP contribution in [0.4, 0.5) is 22.0 Å². The van der Waals surface area contributed by atoms with E-state index in [1.807, 2.05) is 0 Å². The second-order valence-electron chi connectivity index (χ2n) is 2.87. The van der Waals surface area contributed by atoms with E-state index in [0.29, 0.717) is 6.20 Å². The first kappa shape index (κ1) is 13.2. The number of alkyl halides is 5. The summed E-state index contributed by atoms with van der Waals surface area (Å²) in [5.74, 6) is -0.765. The van der Waals surface area contributed by atoms with Gasteiger partial charge in [0.15, 0.2) is 5.75 Å². The van der Waals surface area contributed by atoms with Crippen molar-refractivity contribution >= 4 is 0 Å². The Balaban J connectivity index is 3.63. The zero-order chi connectivity index (χ0) is 13.2. The lowest BCUT2D eigenvalue weighted by Crippen LogP contribution is -2.13. The van der Waals surface area contributed by atoms with Gasteiger partial charge in [0.1, 0.15) is 17.3 Å². The molecule has 1 aromatic rings. The van der Waals surface area contributed by atoms with E-state index < -0.39 is 35.2 Å². The summed E-state index contributed by atoms with van der Waals surface area (Å²) in [5, 5.41) is 8.55. The van der Waals surface area contributed by atoms with Gasteiger partial charge in [-0.2, -0.15) is 18.4 Å². The van der Waals surface area contributed by atoms with E-state index in [9.17, 15) is 22.0 Å². The summed E-state index contributed by atoms with van der Waals surface area (Å²) in [6.07, 6.45) is -7.72. The summed E-state index contributed by atoms with van der Waals surface area (Å²) in [6.45, 7) is 0. The average Bonchev–Trinajstić information content (AvgIpc) is 2.25. The maximum absolute atomic E-state index is 12.6. The maximum atomic E-state index is 12.6. The van der Waals surface area contributed by atoms with Crippen LogP contribution < -0.4 is 4.74 Å². The number of pyridine rings is 1. The lowest BCUT2D eigenvalue weighted by Gasteiger charge is -2.14. The van der Waals surface area contributed by atoms with Gasteiger partial charge in [0.05, 0.1) is 18.9 Å². The van der Waals surface area contributed by atoms with E-state index in [0.717, 1.165) is 13.2 Å². The van der Waals surface area contributed by atoms with Crippen LogP contribution >= 0.6 is 0 Å². The summed E-state index contributed by atoms with van der Waals surface area (Å²) in [4.78, 5) is 3.10. The minimum absolute atomic E-state index is 0.519. The van der Waals surface area contributed by atoms with E-state index >= 15 is 0 Å². The number of aromatic nitrogens is 1. The number of hydrogen-bond acceptors (Lipinski definition) is 3. The van der Waals surface area contributed by atoms with E-state index in [-0.39, 0.29) is 0 Å². The molecule has 0 atom stereocenters. The SMILES string of the molecule is COc1cnc(C(F)F)c(C#N)c1C(F)(F)F. The molecular weight excluding hydrogens is 247 g/mol. The van der Waals surface area contributed by atoms with Crippen molar-refractivity contribution < 1.29 is 26.7 Å². The van der Waals surface area contributed by atoms with Gasteiger partial charge in [-0.15, -0.1) is 0 Å². The second kappa shape index (κ2) is 4.53. The Hall–Kier alpha value is -1.91. The smallest absolute Gasteiger partial charge is 0.421 e.